The average molecular weight is 258 g/mol. The molecule has 0 spiro atoms. The van der Waals surface area contributed by atoms with Crippen molar-refractivity contribution in [2.45, 2.75) is 26.7 Å². The van der Waals surface area contributed by atoms with Crippen molar-refractivity contribution in [3.63, 3.8) is 0 Å². The average Bonchev–Trinajstić information content (AvgIpc) is 2.36. The van der Waals surface area contributed by atoms with Crippen LogP contribution in [0.25, 0.3) is 10.9 Å². The maximum absolute atomic E-state index is 11.6. The lowest BCUT2D eigenvalue weighted by molar-refractivity contribution is 0.100. The van der Waals surface area contributed by atoms with Crippen molar-refractivity contribution >= 4 is 16.8 Å². The van der Waals surface area contributed by atoms with Crippen LogP contribution in [0.3, 0.4) is 0 Å². The van der Waals surface area contributed by atoms with E-state index < -0.39 is 5.91 Å². The Kier molecular flexibility index (Phi) is 3.42. The Morgan fingerprint density at radius 3 is 2.53 bits per heavy atom. The molecule has 0 bridgehead atoms. The van der Waals surface area contributed by atoms with E-state index in [1.165, 1.54) is 0 Å². The first-order chi connectivity index (χ1) is 8.93. The van der Waals surface area contributed by atoms with Gasteiger partial charge in [0, 0.05) is 11.1 Å². The molecule has 0 aliphatic carbocycles. The Hall–Kier alpha value is -2.10. The number of fused-ring (bicyclic) bond motifs is 1. The van der Waals surface area contributed by atoms with Crippen molar-refractivity contribution < 1.29 is 9.53 Å². The standard InChI is InChI=1S/C15H18N2O2/c1-8(2)11-5-9(3)17-14-12(11)6-10(19-4)7-13(14)15(16)18/h5-8H,1-4H3,(H2,16,18). The van der Waals surface area contributed by atoms with Crippen LogP contribution >= 0.6 is 0 Å². The van der Waals surface area contributed by atoms with Crippen molar-refractivity contribution in [3.8, 4) is 5.75 Å². The van der Waals surface area contributed by atoms with Gasteiger partial charge in [0.1, 0.15) is 5.75 Å². The third kappa shape index (κ3) is 2.38. The molecule has 0 unspecified atom stereocenters. The molecule has 2 rings (SSSR count). The number of nitrogens with zero attached hydrogens (tertiary/aromatic N) is 1. The van der Waals surface area contributed by atoms with Crippen LogP contribution in [0.15, 0.2) is 18.2 Å². The number of amides is 1. The van der Waals surface area contributed by atoms with E-state index in [-0.39, 0.29) is 0 Å². The van der Waals surface area contributed by atoms with Crippen LogP contribution in [-0.4, -0.2) is 18.0 Å². The summed E-state index contributed by atoms with van der Waals surface area (Å²) in [6.07, 6.45) is 0. The second-order valence-electron chi connectivity index (χ2n) is 4.94. The number of aryl methyl sites for hydroxylation is 1. The molecule has 4 nitrogen and oxygen atoms in total. The lowest BCUT2D eigenvalue weighted by Crippen LogP contribution is -2.13. The van der Waals surface area contributed by atoms with Gasteiger partial charge in [-0.2, -0.15) is 0 Å². The minimum absolute atomic E-state index is 0.331. The first-order valence-electron chi connectivity index (χ1n) is 6.23. The van der Waals surface area contributed by atoms with Crippen LogP contribution in [0.1, 0.15) is 41.4 Å². The molecule has 4 heteroatoms. The molecule has 1 aromatic heterocycles. The predicted octanol–water partition coefficient (Wildman–Crippen LogP) is 2.77. The lowest BCUT2D eigenvalue weighted by atomic mass is 9.95. The minimum Gasteiger partial charge on any atom is -0.497 e. The van der Waals surface area contributed by atoms with Crippen LogP contribution < -0.4 is 10.5 Å². The monoisotopic (exact) mass is 258 g/mol. The van der Waals surface area contributed by atoms with Gasteiger partial charge in [0.05, 0.1) is 18.2 Å². The van der Waals surface area contributed by atoms with E-state index in [1.807, 2.05) is 19.1 Å². The third-order valence-corrected chi connectivity index (χ3v) is 3.17. The van der Waals surface area contributed by atoms with E-state index in [0.717, 1.165) is 16.6 Å². The second kappa shape index (κ2) is 4.88. The maximum Gasteiger partial charge on any atom is 0.251 e. The quantitative estimate of drug-likeness (QED) is 0.920. The molecule has 0 atom stereocenters. The molecule has 0 saturated heterocycles. The lowest BCUT2D eigenvalue weighted by Gasteiger charge is -2.14. The molecule has 1 aromatic carbocycles. The van der Waals surface area contributed by atoms with Crippen LogP contribution in [0, 0.1) is 6.92 Å². The molecular weight excluding hydrogens is 240 g/mol. The number of rotatable bonds is 3. The van der Waals surface area contributed by atoms with Gasteiger partial charge < -0.3 is 10.5 Å². The number of nitrogens with two attached hydrogens (primary N) is 1. The number of aromatic nitrogens is 1. The molecule has 0 aliphatic rings. The summed E-state index contributed by atoms with van der Waals surface area (Å²) in [7, 11) is 1.57. The van der Waals surface area contributed by atoms with Crippen molar-refractivity contribution in [1.82, 2.24) is 4.98 Å². The highest BCUT2D eigenvalue weighted by Gasteiger charge is 2.15. The van der Waals surface area contributed by atoms with Crippen LogP contribution in [0.4, 0.5) is 0 Å². The molecule has 0 saturated carbocycles. The summed E-state index contributed by atoms with van der Waals surface area (Å²) in [6.45, 7) is 6.13. The molecule has 0 fully saturated rings. The highest BCUT2D eigenvalue weighted by Crippen LogP contribution is 2.30. The van der Waals surface area contributed by atoms with E-state index in [4.69, 9.17) is 10.5 Å². The van der Waals surface area contributed by atoms with Crippen LogP contribution in [-0.2, 0) is 0 Å². The smallest absolute Gasteiger partial charge is 0.251 e. The number of carbonyl (C=O) groups is 1. The SMILES string of the molecule is COc1cc(C(N)=O)c2nc(C)cc(C(C)C)c2c1. The van der Waals surface area contributed by atoms with E-state index in [9.17, 15) is 4.79 Å². The van der Waals surface area contributed by atoms with Crippen molar-refractivity contribution in [3.05, 3.63) is 35.0 Å². The summed E-state index contributed by atoms with van der Waals surface area (Å²) in [5, 5.41) is 0.925. The predicted molar refractivity (Wildman–Crippen MR) is 75.6 cm³/mol. The molecule has 1 heterocycles. The summed E-state index contributed by atoms with van der Waals surface area (Å²) in [4.78, 5) is 16.1. The summed E-state index contributed by atoms with van der Waals surface area (Å²) in [5.41, 5.74) is 8.52. The van der Waals surface area contributed by atoms with Crippen molar-refractivity contribution in [2.75, 3.05) is 7.11 Å². The van der Waals surface area contributed by atoms with Crippen molar-refractivity contribution in [1.29, 1.82) is 0 Å². The summed E-state index contributed by atoms with van der Waals surface area (Å²) in [6, 6.07) is 5.59. The highest BCUT2D eigenvalue weighted by molar-refractivity contribution is 6.06. The normalized spacial score (nSPS) is 11.0. The number of carbonyl (C=O) groups excluding carboxylic acids is 1. The van der Waals surface area contributed by atoms with Gasteiger partial charge in [0.2, 0.25) is 0 Å². The van der Waals surface area contributed by atoms with Crippen LogP contribution in [0.2, 0.25) is 0 Å². The van der Waals surface area contributed by atoms with Gasteiger partial charge in [0.25, 0.3) is 5.91 Å². The van der Waals surface area contributed by atoms with Crippen molar-refractivity contribution in [2.24, 2.45) is 5.73 Å². The number of benzene rings is 1. The number of hydrogen-bond donors (Lipinski definition) is 1. The minimum atomic E-state index is -0.489. The van der Waals surface area contributed by atoms with Gasteiger partial charge in [-0.15, -0.1) is 0 Å². The van der Waals surface area contributed by atoms with Gasteiger partial charge in [0.15, 0.2) is 0 Å². The highest BCUT2D eigenvalue weighted by atomic mass is 16.5. The van der Waals surface area contributed by atoms with E-state index >= 15 is 0 Å². The molecule has 0 radical (unpaired) electrons. The molecule has 0 aliphatic heterocycles. The zero-order chi connectivity index (χ0) is 14.2. The third-order valence-electron chi connectivity index (χ3n) is 3.17. The fraction of sp³-hybridized carbons (Fsp3) is 0.333. The van der Waals surface area contributed by atoms with E-state index in [2.05, 4.69) is 18.8 Å². The Labute approximate surface area is 112 Å². The Bertz CT molecular complexity index is 648. The molecule has 19 heavy (non-hydrogen) atoms. The first-order valence-corrected chi connectivity index (χ1v) is 6.23. The van der Waals surface area contributed by atoms with Gasteiger partial charge in [-0.1, -0.05) is 13.8 Å². The number of pyridine rings is 1. The molecule has 2 N–H and O–H groups in total. The Balaban J connectivity index is 2.92. The Morgan fingerprint density at radius 1 is 1.32 bits per heavy atom. The fourth-order valence-electron chi connectivity index (χ4n) is 2.24. The van der Waals surface area contributed by atoms with Crippen LogP contribution in [0.5, 0.6) is 5.75 Å². The zero-order valence-corrected chi connectivity index (χ0v) is 11.7. The summed E-state index contributed by atoms with van der Waals surface area (Å²) in [5.74, 6) is 0.461. The number of primary amides is 1. The largest absolute Gasteiger partial charge is 0.497 e. The Morgan fingerprint density at radius 2 is 2.00 bits per heavy atom. The number of ether oxygens (including phenoxy) is 1. The van der Waals surface area contributed by atoms with Gasteiger partial charge in [-0.25, -0.2) is 0 Å². The summed E-state index contributed by atoms with van der Waals surface area (Å²) >= 11 is 0. The van der Waals surface area contributed by atoms with Gasteiger partial charge in [-0.3, -0.25) is 9.78 Å². The topological polar surface area (TPSA) is 65.2 Å². The fourth-order valence-corrected chi connectivity index (χ4v) is 2.24. The maximum atomic E-state index is 11.6. The second-order valence-corrected chi connectivity index (χ2v) is 4.94. The number of hydrogen-bond acceptors (Lipinski definition) is 3. The molecule has 2 aromatic rings. The van der Waals surface area contributed by atoms with Gasteiger partial charge >= 0.3 is 0 Å². The number of methoxy groups -OCH3 is 1. The molecule has 1 amide bonds. The van der Waals surface area contributed by atoms with E-state index in [1.54, 1.807) is 13.2 Å². The molecular formula is C15H18N2O2. The first kappa shape index (κ1) is 13.3. The zero-order valence-electron chi connectivity index (χ0n) is 11.7. The van der Waals surface area contributed by atoms with Gasteiger partial charge in [-0.05, 0) is 36.6 Å². The van der Waals surface area contributed by atoms with E-state index in [0.29, 0.717) is 22.7 Å². The summed E-state index contributed by atoms with van der Waals surface area (Å²) < 4.78 is 5.24. The molecule has 100 valence electrons.